The molecule has 0 fully saturated rings. The third-order valence-corrected chi connectivity index (χ3v) is 5.32. The molecule has 1 aromatic heterocycles. The number of benzene rings is 1. The van der Waals surface area contributed by atoms with Gasteiger partial charge in [-0.3, -0.25) is 4.79 Å². The largest absolute Gasteiger partial charge is 0.464 e. The number of hydrogen-bond donors (Lipinski definition) is 1. The zero-order valence-electron chi connectivity index (χ0n) is 17.4. The van der Waals surface area contributed by atoms with Gasteiger partial charge in [-0.05, 0) is 63.8 Å². The highest BCUT2D eigenvalue weighted by atomic mass is 16.5. The third kappa shape index (κ3) is 4.24. The topological polar surface area (TPSA) is 62.4 Å². The smallest absolute Gasteiger partial charge is 0.354 e. The van der Waals surface area contributed by atoms with Crippen LogP contribution in [0.2, 0.25) is 0 Å². The molecule has 1 N–H and O–H groups in total. The van der Waals surface area contributed by atoms with Gasteiger partial charge in [0.05, 0.1) is 7.11 Å². The second-order valence-corrected chi connectivity index (χ2v) is 7.23. The zero-order chi connectivity index (χ0) is 20.3. The van der Waals surface area contributed by atoms with Crippen molar-refractivity contribution in [2.75, 3.05) is 7.11 Å². The van der Waals surface area contributed by atoms with Crippen molar-refractivity contribution in [3.05, 3.63) is 57.4 Å². The van der Waals surface area contributed by atoms with Crippen molar-refractivity contribution < 1.29 is 14.3 Å². The lowest BCUT2D eigenvalue weighted by Crippen LogP contribution is -2.38. The fraction of sp³-hybridized carbons (Fsp3) is 0.455. The summed E-state index contributed by atoms with van der Waals surface area (Å²) in [6.45, 7) is 12.4. The van der Waals surface area contributed by atoms with E-state index in [0.29, 0.717) is 12.2 Å². The van der Waals surface area contributed by atoms with Crippen LogP contribution in [0.25, 0.3) is 0 Å². The predicted octanol–water partition coefficient (Wildman–Crippen LogP) is 4.48. The van der Waals surface area contributed by atoms with Crippen LogP contribution < -0.4 is 0 Å². The van der Waals surface area contributed by atoms with Gasteiger partial charge >= 0.3 is 5.97 Å². The van der Waals surface area contributed by atoms with Crippen molar-refractivity contribution in [2.45, 2.75) is 60.5 Å². The number of esters is 1. The summed E-state index contributed by atoms with van der Waals surface area (Å²) in [4.78, 5) is 30.4. The van der Waals surface area contributed by atoms with Crippen LogP contribution in [0.15, 0.2) is 18.2 Å². The molecule has 0 spiro atoms. The Balaban J connectivity index is 2.44. The molecule has 0 aliphatic rings. The molecule has 1 aromatic carbocycles. The molecule has 0 aliphatic heterocycles. The number of nitrogens with zero attached hydrogens (tertiary/aromatic N) is 1. The minimum Gasteiger partial charge on any atom is -0.464 e. The maximum absolute atomic E-state index is 13.4. The quantitative estimate of drug-likeness (QED) is 0.763. The van der Waals surface area contributed by atoms with E-state index in [9.17, 15) is 9.59 Å². The second-order valence-electron chi connectivity index (χ2n) is 7.23. The summed E-state index contributed by atoms with van der Waals surface area (Å²) in [5.41, 5.74) is 5.90. The minimum absolute atomic E-state index is 0.0187. The van der Waals surface area contributed by atoms with Gasteiger partial charge in [0.15, 0.2) is 0 Å². The van der Waals surface area contributed by atoms with Gasteiger partial charge in [0, 0.05) is 23.8 Å². The molecule has 2 rings (SSSR count). The fourth-order valence-corrected chi connectivity index (χ4v) is 3.27. The number of aryl methyl sites for hydroxylation is 3. The van der Waals surface area contributed by atoms with Gasteiger partial charge in [0.1, 0.15) is 5.69 Å². The average Bonchev–Trinajstić information content (AvgIpc) is 2.93. The first-order chi connectivity index (χ1) is 12.7. The Labute approximate surface area is 161 Å². The third-order valence-electron chi connectivity index (χ3n) is 5.32. The van der Waals surface area contributed by atoms with Gasteiger partial charge < -0.3 is 14.6 Å². The van der Waals surface area contributed by atoms with E-state index in [1.54, 1.807) is 0 Å². The number of methoxy groups -OCH3 is 1. The molecule has 2 aromatic rings. The van der Waals surface area contributed by atoms with Crippen molar-refractivity contribution in [1.29, 1.82) is 0 Å². The first kappa shape index (κ1) is 20.7. The van der Waals surface area contributed by atoms with Crippen LogP contribution in [-0.4, -0.2) is 34.9 Å². The molecule has 1 amide bonds. The molecule has 0 saturated heterocycles. The van der Waals surface area contributed by atoms with Gasteiger partial charge in [-0.2, -0.15) is 0 Å². The molecule has 146 valence electrons. The van der Waals surface area contributed by atoms with E-state index in [-0.39, 0.29) is 11.9 Å². The zero-order valence-corrected chi connectivity index (χ0v) is 17.4. The Morgan fingerprint density at radius 3 is 2.44 bits per heavy atom. The second kappa shape index (κ2) is 8.42. The Morgan fingerprint density at radius 2 is 1.85 bits per heavy atom. The predicted molar refractivity (Wildman–Crippen MR) is 107 cm³/mol. The van der Waals surface area contributed by atoms with Crippen LogP contribution in [0.5, 0.6) is 0 Å². The number of aromatic nitrogens is 1. The monoisotopic (exact) mass is 370 g/mol. The van der Waals surface area contributed by atoms with Crippen molar-refractivity contribution in [2.24, 2.45) is 0 Å². The van der Waals surface area contributed by atoms with Crippen LogP contribution in [0.1, 0.15) is 69.1 Å². The Kier molecular flexibility index (Phi) is 6.47. The van der Waals surface area contributed by atoms with Gasteiger partial charge in [-0.15, -0.1) is 0 Å². The lowest BCUT2D eigenvalue weighted by molar-refractivity contribution is 0.0593. The molecule has 1 heterocycles. The van der Waals surface area contributed by atoms with Crippen LogP contribution in [0.4, 0.5) is 0 Å². The molecule has 0 unspecified atom stereocenters. The van der Waals surface area contributed by atoms with Crippen molar-refractivity contribution >= 4 is 11.9 Å². The number of aromatic amines is 1. The molecule has 5 nitrogen and oxygen atoms in total. The normalized spacial score (nSPS) is 12.0. The maximum Gasteiger partial charge on any atom is 0.354 e. The highest BCUT2D eigenvalue weighted by Gasteiger charge is 2.26. The Morgan fingerprint density at radius 1 is 1.19 bits per heavy atom. The van der Waals surface area contributed by atoms with E-state index in [2.05, 4.69) is 18.8 Å². The van der Waals surface area contributed by atoms with Gasteiger partial charge in [-0.25, -0.2) is 4.79 Å². The highest BCUT2D eigenvalue weighted by Crippen LogP contribution is 2.24. The first-order valence-corrected chi connectivity index (χ1v) is 9.35. The molecule has 0 aliphatic carbocycles. The number of amides is 1. The summed E-state index contributed by atoms with van der Waals surface area (Å²) in [7, 11) is 1.37. The minimum atomic E-state index is -0.391. The van der Waals surface area contributed by atoms with Gasteiger partial charge in [0.2, 0.25) is 0 Å². The highest BCUT2D eigenvalue weighted by molar-refractivity contribution is 5.96. The van der Waals surface area contributed by atoms with Crippen LogP contribution in [0.3, 0.4) is 0 Å². The van der Waals surface area contributed by atoms with Crippen LogP contribution in [-0.2, 0) is 11.3 Å². The lowest BCUT2D eigenvalue weighted by atomic mass is 10.0. The fourth-order valence-electron chi connectivity index (χ4n) is 3.27. The molecule has 1 atom stereocenters. The molecular weight excluding hydrogens is 340 g/mol. The molecule has 0 radical (unpaired) electrons. The molecular formula is C22H30N2O3. The number of carbonyl (C=O) groups excluding carboxylic acids is 2. The lowest BCUT2D eigenvalue weighted by Gasteiger charge is -2.30. The number of carbonyl (C=O) groups is 2. The first-order valence-electron chi connectivity index (χ1n) is 9.35. The number of hydrogen-bond acceptors (Lipinski definition) is 3. The summed E-state index contributed by atoms with van der Waals surface area (Å²) >= 11 is 0. The average molecular weight is 370 g/mol. The summed E-state index contributed by atoms with van der Waals surface area (Å²) < 4.78 is 4.85. The van der Waals surface area contributed by atoms with E-state index in [1.807, 2.05) is 50.8 Å². The molecule has 27 heavy (non-hydrogen) atoms. The Bertz CT molecular complexity index is 851. The molecule has 0 saturated carbocycles. The Hall–Kier alpha value is -2.56. The van der Waals surface area contributed by atoms with E-state index in [0.717, 1.165) is 39.9 Å². The maximum atomic E-state index is 13.4. The van der Waals surface area contributed by atoms with Crippen molar-refractivity contribution in [1.82, 2.24) is 9.88 Å². The van der Waals surface area contributed by atoms with Crippen molar-refractivity contribution in [3.63, 3.8) is 0 Å². The standard InChI is InChI=1S/C22H30N2O3/c1-8-15(4)24(21(25)18-11-13(2)9-10-14(18)3)12-19-16(5)20(22(26)27-7)23-17(19)6/h9-11,15,23H,8,12H2,1-7H3/t15-/m1/s1. The molecule has 5 heteroatoms. The number of rotatable bonds is 6. The molecule has 0 bridgehead atoms. The summed E-state index contributed by atoms with van der Waals surface area (Å²) in [5.74, 6) is -0.372. The van der Waals surface area contributed by atoms with Gasteiger partial charge in [0.25, 0.3) is 5.91 Å². The number of nitrogens with one attached hydrogen (secondary N) is 1. The SMILES string of the molecule is CC[C@@H](C)N(Cc1c(C)[nH]c(C(=O)OC)c1C)C(=O)c1cc(C)ccc1C. The van der Waals surface area contributed by atoms with Gasteiger partial charge in [-0.1, -0.05) is 24.6 Å². The van der Waals surface area contributed by atoms with Crippen LogP contribution >= 0.6 is 0 Å². The number of ether oxygens (including phenoxy) is 1. The summed E-state index contributed by atoms with van der Waals surface area (Å²) in [6, 6.07) is 6.03. The van der Waals surface area contributed by atoms with E-state index >= 15 is 0 Å². The summed E-state index contributed by atoms with van der Waals surface area (Å²) in [6.07, 6.45) is 0.850. The van der Waals surface area contributed by atoms with E-state index in [1.165, 1.54) is 7.11 Å². The van der Waals surface area contributed by atoms with E-state index in [4.69, 9.17) is 4.74 Å². The van der Waals surface area contributed by atoms with Crippen LogP contribution in [0, 0.1) is 27.7 Å². The van der Waals surface area contributed by atoms with Crippen molar-refractivity contribution in [3.8, 4) is 0 Å². The summed E-state index contributed by atoms with van der Waals surface area (Å²) in [5, 5.41) is 0. The number of H-pyrrole nitrogens is 1. The van der Waals surface area contributed by atoms with E-state index < -0.39 is 5.97 Å².